The third kappa shape index (κ3) is 2.12. The van der Waals surface area contributed by atoms with Gasteiger partial charge in [0.2, 0.25) is 0 Å². The number of carbonyl (C=O) groups is 2. The molecular formula is C10H12N4O7S. The number of amides is 2. The van der Waals surface area contributed by atoms with Crippen molar-refractivity contribution in [1.29, 1.82) is 0 Å². The molecule has 12 heteroatoms. The predicted octanol–water partition coefficient (Wildman–Crippen LogP) is -0.445. The highest BCUT2D eigenvalue weighted by molar-refractivity contribution is 7.80. The molecule has 0 spiro atoms. The molecule has 1 saturated heterocycles. The minimum atomic E-state index is -4.91. The maximum Gasteiger partial charge on any atom is 0.418 e. The first-order chi connectivity index (χ1) is 10.2. The van der Waals surface area contributed by atoms with Crippen LogP contribution in [0, 0.1) is 0 Å². The number of rotatable bonds is 4. The quantitative estimate of drug-likeness (QED) is 0.706. The number of aliphatic carboxylic acids is 1. The molecule has 2 atom stereocenters. The van der Waals surface area contributed by atoms with E-state index in [0.29, 0.717) is 17.2 Å². The zero-order valence-electron chi connectivity index (χ0n) is 11.3. The number of hydroxylamine groups is 2. The highest BCUT2D eigenvalue weighted by Gasteiger charge is 2.53. The highest BCUT2D eigenvalue weighted by Crippen LogP contribution is 2.43. The summed E-state index contributed by atoms with van der Waals surface area (Å²) < 4.78 is 36.4. The monoisotopic (exact) mass is 332 g/mol. The van der Waals surface area contributed by atoms with E-state index in [0.717, 1.165) is 4.90 Å². The second-order valence-electron chi connectivity index (χ2n) is 4.84. The number of aryl methyl sites for hydroxylation is 1. The van der Waals surface area contributed by atoms with Crippen LogP contribution in [0.3, 0.4) is 0 Å². The SMILES string of the molecule is CCn1cc2c(n1)C(C(=O)O)N1C[C@H]2N(OS(=O)(=O)O)C1=O. The van der Waals surface area contributed by atoms with E-state index in [4.69, 9.17) is 4.55 Å². The molecule has 11 nitrogen and oxygen atoms in total. The van der Waals surface area contributed by atoms with Crippen LogP contribution in [0.15, 0.2) is 6.20 Å². The van der Waals surface area contributed by atoms with Gasteiger partial charge >= 0.3 is 22.4 Å². The zero-order chi connectivity index (χ0) is 16.2. The van der Waals surface area contributed by atoms with Gasteiger partial charge in [0.1, 0.15) is 11.7 Å². The molecule has 1 aromatic rings. The molecule has 0 aromatic carbocycles. The van der Waals surface area contributed by atoms with E-state index in [1.807, 2.05) is 0 Å². The summed E-state index contributed by atoms with van der Waals surface area (Å²) in [5.41, 5.74) is 0.528. The number of nitrogens with zero attached hydrogens (tertiary/aromatic N) is 4. The molecule has 1 fully saturated rings. The zero-order valence-corrected chi connectivity index (χ0v) is 12.1. The van der Waals surface area contributed by atoms with E-state index in [1.54, 1.807) is 6.92 Å². The van der Waals surface area contributed by atoms with E-state index < -0.39 is 34.5 Å². The Morgan fingerprint density at radius 2 is 2.23 bits per heavy atom. The second-order valence-corrected chi connectivity index (χ2v) is 5.85. The smallest absolute Gasteiger partial charge is 0.418 e. The van der Waals surface area contributed by atoms with E-state index in [2.05, 4.69) is 9.38 Å². The fourth-order valence-electron chi connectivity index (χ4n) is 2.71. The van der Waals surface area contributed by atoms with Crippen LogP contribution in [-0.2, 0) is 26.0 Å². The molecule has 1 unspecified atom stereocenters. The average Bonchev–Trinajstić information content (AvgIpc) is 2.94. The van der Waals surface area contributed by atoms with E-state index in [-0.39, 0.29) is 12.2 Å². The van der Waals surface area contributed by atoms with Crippen LogP contribution in [0.2, 0.25) is 0 Å². The van der Waals surface area contributed by atoms with Crippen molar-refractivity contribution in [3.63, 3.8) is 0 Å². The standard InChI is InChI=1S/C10H12N4O7S/c1-2-12-3-5-6-4-13(8(9(15)16)7(5)11-12)10(17)14(6)21-22(18,19)20/h3,6,8H,2,4H2,1H3,(H,15,16)(H,18,19,20)/t6-,8?/m1/s1. The first-order valence-corrected chi connectivity index (χ1v) is 7.66. The maximum absolute atomic E-state index is 12.2. The van der Waals surface area contributed by atoms with Gasteiger partial charge in [0.25, 0.3) is 0 Å². The Hall–Kier alpha value is -2.18. The Bertz CT molecular complexity index is 757. The molecule has 2 N–H and O–H groups in total. The van der Waals surface area contributed by atoms with Crippen molar-refractivity contribution in [2.24, 2.45) is 0 Å². The lowest BCUT2D eigenvalue weighted by atomic mass is 9.98. The number of carboxylic acids is 1. The van der Waals surface area contributed by atoms with Gasteiger partial charge in [-0.1, -0.05) is 0 Å². The number of hydrogen-bond donors (Lipinski definition) is 2. The third-order valence-corrected chi connectivity index (χ3v) is 3.92. The minimum Gasteiger partial charge on any atom is -0.479 e. The molecule has 3 heterocycles. The molecule has 1 aromatic heterocycles. The number of carbonyl (C=O) groups excluding carboxylic acids is 1. The molecular weight excluding hydrogens is 320 g/mol. The Morgan fingerprint density at radius 3 is 2.77 bits per heavy atom. The molecule has 120 valence electrons. The van der Waals surface area contributed by atoms with Crippen molar-refractivity contribution in [2.75, 3.05) is 6.54 Å². The van der Waals surface area contributed by atoms with Gasteiger partial charge in [-0.15, -0.1) is 4.28 Å². The number of aromatic nitrogens is 2. The Labute approximate surface area is 124 Å². The molecule has 2 amide bonds. The van der Waals surface area contributed by atoms with Crippen LogP contribution in [-0.4, -0.2) is 56.4 Å². The predicted molar refractivity (Wildman–Crippen MR) is 67.6 cm³/mol. The number of hydrogen-bond acceptors (Lipinski definition) is 6. The number of fused-ring (bicyclic) bond motifs is 4. The molecule has 2 bridgehead atoms. The molecule has 3 rings (SSSR count). The fourth-order valence-corrected chi connectivity index (χ4v) is 3.08. The van der Waals surface area contributed by atoms with Crippen LogP contribution in [0.1, 0.15) is 30.3 Å². The Kier molecular flexibility index (Phi) is 3.12. The van der Waals surface area contributed by atoms with E-state index >= 15 is 0 Å². The van der Waals surface area contributed by atoms with Gasteiger partial charge in [0.15, 0.2) is 6.04 Å². The van der Waals surface area contributed by atoms with Crippen molar-refractivity contribution in [2.45, 2.75) is 25.6 Å². The van der Waals surface area contributed by atoms with Crippen LogP contribution < -0.4 is 0 Å². The summed E-state index contributed by atoms with van der Waals surface area (Å²) in [5, 5.41) is 13.9. The lowest BCUT2D eigenvalue weighted by molar-refractivity contribution is -0.142. The fraction of sp³-hybridized carbons (Fsp3) is 0.500. The van der Waals surface area contributed by atoms with Gasteiger partial charge in [-0.2, -0.15) is 18.6 Å². The summed E-state index contributed by atoms with van der Waals surface area (Å²) in [6, 6.07) is -3.15. The summed E-state index contributed by atoms with van der Waals surface area (Å²) in [4.78, 5) is 24.6. The van der Waals surface area contributed by atoms with E-state index in [1.165, 1.54) is 10.9 Å². The number of carboxylic acid groups (broad SMARTS) is 1. The lowest BCUT2D eigenvalue weighted by Crippen LogP contribution is -2.38. The average molecular weight is 332 g/mol. The van der Waals surface area contributed by atoms with Gasteiger partial charge in [-0.05, 0) is 6.92 Å². The normalized spacial score (nSPS) is 23.8. The van der Waals surface area contributed by atoms with Crippen LogP contribution in [0.4, 0.5) is 4.79 Å². The van der Waals surface area contributed by atoms with Crippen LogP contribution in [0.25, 0.3) is 0 Å². The Morgan fingerprint density at radius 1 is 1.55 bits per heavy atom. The summed E-state index contributed by atoms with van der Waals surface area (Å²) in [5.74, 6) is -1.29. The van der Waals surface area contributed by atoms with Crippen molar-refractivity contribution >= 4 is 22.4 Å². The van der Waals surface area contributed by atoms with Crippen molar-refractivity contribution in [3.8, 4) is 0 Å². The van der Waals surface area contributed by atoms with Gasteiger partial charge in [0.05, 0.1) is 6.54 Å². The number of urea groups is 1. The first kappa shape index (κ1) is 14.7. The van der Waals surface area contributed by atoms with Crippen molar-refractivity contribution < 1.29 is 31.9 Å². The molecule has 2 aliphatic heterocycles. The van der Waals surface area contributed by atoms with Crippen molar-refractivity contribution in [3.05, 3.63) is 17.5 Å². The van der Waals surface area contributed by atoms with Crippen LogP contribution in [0.5, 0.6) is 0 Å². The van der Waals surface area contributed by atoms with Gasteiger partial charge in [-0.3, -0.25) is 9.23 Å². The molecule has 22 heavy (non-hydrogen) atoms. The van der Waals surface area contributed by atoms with Crippen LogP contribution >= 0.6 is 0 Å². The second kappa shape index (κ2) is 4.66. The lowest BCUT2D eigenvalue weighted by Gasteiger charge is -2.26. The van der Waals surface area contributed by atoms with E-state index in [9.17, 15) is 23.1 Å². The maximum atomic E-state index is 12.2. The summed E-state index contributed by atoms with van der Waals surface area (Å²) >= 11 is 0. The molecule has 0 saturated carbocycles. The molecule has 0 aliphatic carbocycles. The summed E-state index contributed by atoms with van der Waals surface area (Å²) in [7, 11) is -4.91. The highest BCUT2D eigenvalue weighted by atomic mass is 32.3. The van der Waals surface area contributed by atoms with Gasteiger partial charge < -0.3 is 10.0 Å². The molecule has 2 aliphatic rings. The molecule has 0 radical (unpaired) electrons. The topological polar surface area (TPSA) is 142 Å². The summed E-state index contributed by atoms with van der Waals surface area (Å²) in [6.45, 7) is 2.19. The summed E-state index contributed by atoms with van der Waals surface area (Å²) in [6.07, 6.45) is 1.53. The van der Waals surface area contributed by atoms with Gasteiger partial charge in [-0.25, -0.2) is 9.59 Å². The Balaban J connectivity index is 2.10. The largest absolute Gasteiger partial charge is 0.479 e. The van der Waals surface area contributed by atoms with Crippen molar-refractivity contribution in [1.82, 2.24) is 19.7 Å². The van der Waals surface area contributed by atoms with Gasteiger partial charge in [0, 0.05) is 18.3 Å². The first-order valence-electron chi connectivity index (χ1n) is 6.29. The minimum absolute atomic E-state index is 0.0757. The third-order valence-electron chi connectivity index (χ3n) is 3.57.